The van der Waals surface area contributed by atoms with Gasteiger partial charge in [-0.15, -0.1) is 0 Å². The van der Waals surface area contributed by atoms with E-state index >= 15 is 0 Å². The maximum absolute atomic E-state index is 13.4. The van der Waals surface area contributed by atoms with Crippen LogP contribution in [0.5, 0.6) is 0 Å². The molecule has 0 radical (unpaired) electrons. The number of carbonyl (C=O) groups excluding carboxylic acids is 1. The third kappa shape index (κ3) is 4.64. The molecule has 1 amide bonds. The zero-order chi connectivity index (χ0) is 24.6. The lowest BCUT2D eigenvalue weighted by Gasteiger charge is -2.34. The highest BCUT2D eigenvalue weighted by atomic mass is 35.5. The fraction of sp³-hybridized carbons (Fsp3) is 0.448. The van der Waals surface area contributed by atoms with Crippen molar-refractivity contribution in [1.82, 2.24) is 15.1 Å². The van der Waals surface area contributed by atoms with Crippen molar-refractivity contribution in [1.29, 1.82) is 0 Å². The Morgan fingerprint density at radius 1 is 0.972 bits per heavy atom. The lowest BCUT2D eigenvalue weighted by atomic mass is 9.89. The fourth-order valence-electron chi connectivity index (χ4n) is 6.39. The van der Waals surface area contributed by atoms with Crippen LogP contribution in [0.4, 0.5) is 5.69 Å². The molecule has 3 aliphatic rings. The number of amides is 1. The van der Waals surface area contributed by atoms with Crippen molar-refractivity contribution in [3.05, 3.63) is 81.1 Å². The van der Waals surface area contributed by atoms with Crippen LogP contribution >= 0.6 is 23.2 Å². The van der Waals surface area contributed by atoms with E-state index in [0.717, 1.165) is 69.4 Å². The molecule has 2 aromatic carbocycles. The van der Waals surface area contributed by atoms with Gasteiger partial charge < -0.3 is 9.80 Å². The summed E-state index contributed by atoms with van der Waals surface area (Å²) < 4.78 is 0. The zero-order valence-electron chi connectivity index (χ0n) is 20.4. The summed E-state index contributed by atoms with van der Waals surface area (Å²) in [5.74, 6) is 0.789. The first kappa shape index (κ1) is 23.9. The summed E-state index contributed by atoms with van der Waals surface area (Å²) in [6.07, 6.45) is 8.44. The molecule has 3 aromatic rings. The number of hydrogen-bond acceptors (Lipinski definition) is 3. The van der Waals surface area contributed by atoms with Gasteiger partial charge in [-0.1, -0.05) is 53.5 Å². The minimum Gasteiger partial charge on any atom is -0.371 e. The van der Waals surface area contributed by atoms with Crippen LogP contribution in [0.3, 0.4) is 0 Å². The molecular weight excluding hydrogens is 491 g/mol. The van der Waals surface area contributed by atoms with Crippen LogP contribution in [0.25, 0.3) is 0 Å². The van der Waals surface area contributed by atoms with Gasteiger partial charge in [0.05, 0.1) is 6.20 Å². The number of benzene rings is 2. The van der Waals surface area contributed by atoms with Gasteiger partial charge in [0.25, 0.3) is 0 Å². The number of aromatic nitrogens is 2. The summed E-state index contributed by atoms with van der Waals surface area (Å²) in [6, 6.07) is 15.1. The number of fused-ring (bicyclic) bond motifs is 1. The number of nitrogens with zero attached hydrogens (tertiary/aromatic N) is 3. The standard InChI is InChI=1S/C29H32Cl2N4O/c30-26-16-24(34-11-8-20(9-12-34)19-4-2-1-3-5-19)17-27(31)25(26)15-21-10-13-35(29(21)36)23-6-7-28-22(14-23)18-32-33-28/h1-5,16-18,20-21,23H,6-15H2,(H,32,33)/t21-,23-/m0/s1. The first-order valence-corrected chi connectivity index (χ1v) is 13.9. The molecule has 0 saturated carbocycles. The number of aromatic amines is 1. The van der Waals surface area contributed by atoms with Crippen molar-refractivity contribution < 1.29 is 4.79 Å². The average Bonchev–Trinajstić information content (AvgIpc) is 3.52. The topological polar surface area (TPSA) is 52.2 Å². The van der Waals surface area contributed by atoms with Gasteiger partial charge in [0.2, 0.25) is 5.91 Å². The van der Waals surface area contributed by atoms with Gasteiger partial charge in [-0.25, -0.2) is 0 Å². The number of likely N-dealkylation sites (tertiary alicyclic amines) is 1. The van der Waals surface area contributed by atoms with E-state index in [1.165, 1.54) is 16.8 Å². The van der Waals surface area contributed by atoms with Crippen molar-refractivity contribution in [2.24, 2.45) is 5.92 Å². The molecule has 0 bridgehead atoms. The van der Waals surface area contributed by atoms with Gasteiger partial charge in [-0.3, -0.25) is 9.89 Å². The summed E-state index contributed by atoms with van der Waals surface area (Å²) in [5, 5.41) is 8.61. The van der Waals surface area contributed by atoms with Crippen LogP contribution in [0.15, 0.2) is 48.7 Å². The Kier molecular flexibility index (Phi) is 6.70. The van der Waals surface area contributed by atoms with Crippen LogP contribution < -0.4 is 4.90 Å². The maximum atomic E-state index is 13.4. The molecule has 3 heterocycles. The molecule has 6 rings (SSSR count). The summed E-state index contributed by atoms with van der Waals surface area (Å²) in [6.45, 7) is 2.79. The van der Waals surface area contributed by atoms with E-state index in [1.807, 2.05) is 18.3 Å². The monoisotopic (exact) mass is 522 g/mol. The van der Waals surface area contributed by atoms with Crippen molar-refractivity contribution in [3.8, 4) is 0 Å². The SMILES string of the molecule is O=C1[C@H](Cc2c(Cl)cc(N3CCC(c4ccccc4)CC3)cc2Cl)CCN1[C@H]1CCc2[nH]ncc2C1. The summed E-state index contributed by atoms with van der Waals surface area (Å²) >= 11 is 13.6. The lowest BCUT2D eigenvalue weighted by Crippen LogP contribution is -2.41. The summed E-state index contributed by atoms with van der Waals surface area (Å²) in [5.41, 5.74) is 5.88. The number of anilines is 1. The molecule has 2 saturated heterocycles. The van der Waals surface area contributed by atoms with Crippen LogP contribution in [-0.2, 0) is 24.1 Å². The third-order valence-electron chi connectivity index (χ3n) is 8.49. The molecule has 0 unspecified atom stereocenters. The number of piperidine rings is 1. The Morgan fingerprint density at radius 2 is 1.72 bits per heavy atom. The molecule has 1 aromatic heterocycles. The molecule has 1 N–H and O–H groups in total. The largest absolute Gasteiger partial charge is 0.371 e. The van der Waals surface area contributed by atoms with Crippen LogP contribution in [0.1, 0.15) is 54.0 Å². The van der Waals surface area contributed by atoms with E-state index in [0.29, 0.717) is 22.4 Å². The van der Waals surface area contributed by atoms with E-state index in [4.69, 9.17) is 23.2 Å². The van der Waals surface area contributed by atoms with Gasteiger partial charge in [-0.2, -0.15) is 5.10 Å². The third-order valence-corrected chi connectivity index (χ3v) is 9.16. The Bertz CT molecular complexity index is 1210. The molecule has 2 fully saturated rings. The molecular formula is C29H32Cl2N4O. The molecule has 2 aliphatic heterocycles. The first-order chi connectivity index (χ1) is 17.6. The highest BCUT2D eigenvalue weighted by Crippen LogP contribution is 2.38. The van der Waals surface area contributed by atoms with Crippen molar-refractivity contribution in [2.45, 2.75) is 56.9 Å². The maximum Gasteiger partial charge on any atom is 0.226 e. The number of H-pyrrole nitrogens is 1. The molecule has 2 atom stereocenters. The van der Waals surface area contributed by atoms with E-state index in [1.54, 1.807) is 0 Å². The predicted molar refractivity (Wildman–Crippen MR) is 145 cm³/mol. The number of aryl methyl sites for hydroxylation is 1. The highest BCUT2D eigenvalue weighted by molar-refractivity contribution is 6.36. The Labute approximate surface area is 222 Å². The molecule has 36 heavy (non-hydrogen) atoms. The number of halogens is 2. The highest BCUT2D eigenvalue weighted by Gasteiger charge is 2.38. The number of nitrogens with one attached hydrogen (secondary N) is 1. The summed E-state index contributed by atoms with van der Waals surface area (Å²) in [4.78, 5) is 17.8. The van der Waals surface area contributed by atoms with E-state index in [9.17, 15) is 4.79 Å². The molecule has 5 nitrogen and oxygen atoms in total. The van der Waals surface area contributed by atoms with Gasteiger partial charge in [0, 0.05) is 53.0 Å². The lowest BCUT2D eigenvalue weighted by molar-refractivity contribution is -0.133. The van der Waals surface area contributed by atoms with Crippen LogP contribution in [0.2, 0.25) is 10.0 Å². The second-order valence-electron chi connectivity index (χ2n) is 10.6. The molecule has 1 aliphatic carbocycles. The van der Waals surface area contributed by atoms with Crippen molar-refractivity contribution in [3.63, 3.8) is 0 Å². The average molecular weight is 524 g/mol. The quantitative estimate of drug-likeness (QED) is 0.443. The number of hydrogen-bond donors (Lipinski definition) is 1. The van der Waals surface area contributed by atoms with Gasteiger partial charge in [0.1, 0.15) is 0 Å². The fourth-order valence-corrected chi connectivity index (χ4v) is 7.02. The van der Waals surface area contributed by atoms with E-state index in [2.05, 4.69) is 50.3 Å². The van der Waals surface area contributed by atoms with E-state index < -0.39 is 0 Å². The molecule has 0 spiro atoms. The Hall–Kier alpha value is -2.50. The minimum absolute atomic E-state index is 0.0572. The zero-order valence-corrected chi connectivity index (χ0v) is 21.9. The number of carbonyl (C=O) groups is 1. The van der Waals surface area contributed by atoms with Crippen LogP contribution in [-0.4, -0.2) is 46.7 Å². The molecule has 7 heteroatoms. The molecule has 188 valence electrons. The van der Waals surface area contributed by atoms with Gasteiger partial charge in [0.15, 0.2) is 0 Å². The van der Waals surface area contributed by atoms with Crippen LogP contribution in [0, 0.1) is 5.92 Å². The van der Waals surface area contributed by atoms with Crippen molar-refractivity contribution in [2.75, 3.05) is 24.5 Å². The van der Waals surface area contributed by atoms with Crippen molar-refractivity contribution >= 4 is 34.8 Å². The smallest absolute Gasteiger partial charge is 0.226 e. The Morgan fingerprint density at radius 3 is 2.47 bits per heavy atom. The van der Waals surface area contributed by atoms with E-state index in [-0.39, 0.29) is 17.9 Å². The Balaban J connectivity index is 1.10. The predicted octanol–water partition coefficient (Wildman–Crippen LogP) is 6.05. The second kappa shape index (κ2) is 10.1. The number of rotatable bonds is 5. The second-order valence-corrected chi connectivity index (χ2v) is 11.4. The first-order valence-electron chi connectivity index (χ1n) is 13.2. The van der Waals surface area contributed by atoms with Gasteiger partial charge in [-0.05, 0) is 79.7 Å². The van der Waals surface area contributed by atoms with Gasteiger partial charge >= 0.3 is 0 Å². The minimum atomic E-state index is -0.0572. The summed E-state index contributed by atoms with van der Waals surface area (Å²) in [7, 11) is 0. The normalized spacial score (nSPS) is 22.8.